The zero-order chi connectivity index (χ0) is 30.7. The second-order valence-electron chi connectivity index (χ2n) is 12.4. The van der Waals surface area contributed by atoms with Crippen LogP contribution in [-0.2, 0) is 12.8 Å². The first-order valence-corrected chi connectivity index (χ1v) is 14.5. The van der Waals surface area contributed by atoms with Crippen LogP contribution in [0.2, 0.25) is 0 Å². The SMILES string of the molecule is CN/C=C(/COc1cc(/C=C/c2cc3c(c(OC)c2)O[C@]2(C)CC[C@@H](O)C(C)(C)[C@H]2C3)cc(O)c1CC=C(C)C)N=N. The van der Waals surface area contributed by atoms with Crippen LogP contribution >= 0.6 is 0 Å². The van der Waals surface area contributed by atoms with Gasteiger partial charge in [-0.3, -0.25) is 0 Å². The molecule has 0 aromatic heterocycles. The predicted molar refractivity (Wildman–Crippen MR) is 166 cm³/mol. The molecule has 0 saturated heterocycles. The summed E-state index contributed by atoms with van der Waals surface area (Å²) in [6, 6.07) is 7.71. The summed E-state index contributed by atoms with van der Waals surface area (Å²) in [7, 11) is 3.39. The molecule has 2 aromatic rings. The maximum absolute atomic E-state index is 11.0. The normalized spacial score (nSPS) is 22.9. The zero-order valence-electron chi connectivity index (χ0n) is 25.9. The van der Waals surface area contributed by atoms with E-state index in [-0.39, 0.29) is 35.4 Å². The minimum absolute atomic E-state index is 0.0892. The van der Waals surface area contributed by atoms with E-state index in [1.54, 1.807) is 26.4 Å². The third-order valence-corrected chi connectivity index (χ3v) is 8.76. The second-order valence-corrected chi connectivity index (χ2v) is 12.4. The fourth-order valence-electron chi connectivity index (χ4n) is 6.25. The van der Waals surface area contributed by atoms with E-state index in [0.717, 1.165) is 47.3 Å². The number of phenols is 1. The van der Waals surface area contributed by atoms with E-state index in [0.29, 0.717) is 29.2 Å². The van der Waals surface area contributed by atoms with Crippen LogP contribution in [0.3, 0.4) is 0 Å². The molecular weight excluding hydrogens is 530 g/mol. The van der Waals surface area contributed by atoms with Gasteiger partial charge in [-0.25, -0.2) is 5.53 Å². The van der Waals surface area contributed by atoms with Gasteiger partial charge >= 0.3 is 0 Å². The fraction of sp³-hybridized carbons (Fsp3) is 0.471. The number of nitrogens with zero attached hydrogens (tertiary/aromatic N) is 1. The number of phenolic OH excluding ortho intramolecular Hbond substituents is 1. The summed E-state index contributed by atoms with van der Waals surface area (Å²) in [4.78, 5) is 0. The Morgan fingerprint density at radius 2 is 1.83 bits per heavy atom. The van der Waals surface area contributed by atoms with Gasteiger partial charge in [0.15, 0.2) is 11.5 Å². The van der Waals surface area contributed by atoms with E-state index in [9.17, 15) is 10.2 Å². The topological polar surface area (TPSA) is 116 Å². The Kier molecular flexibility index (Phi) is 9.36. The Balaban J connectivity index is 1.67. The molecule has 1 heterocycles. The average molecular weight is 576 g/mol. The van der Waals surface area contributed by atoms with Crippen molar-refractivity contribution in [2.24, 2.45) is 16.4 Å². The maximum Gasteiger partial charge on any atom is 0.165 e. The van der Waals surface area contributed by atoms with Crippen molar-refractivity contribution in [2.45, 2.75) is 72.0 Å². The van der Waals surface area contributed by atoms with Crippen molar-refractivity contribution in [3.05, 3.63) is 70.1 Å². The molecule has 42 heavy (non-hydrogen) atoms. The van der Waals surface area contributed by atoms with Crippen molar-refractivity contribution in [2.75, 3.05) is 20.8 Å². The molecule has 1 saturated carbocycles. The maximum atomic E-state index is 11.0. The van der Waals surface area contributed by atoms with Gasteiger partial charge in [-0.2, -0.15) is 5.11 Å². The van der Waals surface area contributed by atoms with Crippen LogP contribution in [0.5, 0.6) is 23.0 Å². The molecule has 8 heteroatoms. The molecule has 4 N–H and O–H groups in total. The van der Waals surface area contributed by atoms with Crippen LogP contribution in [0.25, 0.3) is 12.2 Å². The Hall–Kier alpha value is -3.78. The molecule has 0 amide bonds. The number of hydrogen-bond donors (Lipinski definition) is 4. The summed E-state index contributed by atoms with van der Waals surface area (Å²) in [5.41, 5.74) is 11.8. The largest absolute Gasteiger partial charge is 0.507 e. The molecule has 3 atom stereocenters. The molecule has 2 aliphatic rings. The van der Waals surface area contributed by atoms with Crippen LogP contribution in [0.1, 0.15) is 69.7 Å². The van der Waals surface area contributed by atoms with Crippen LogP contribution < -0.4 is 19.5 Å². The molecule has 4 rings (SSSR count). The summed E-state index contributed by atoms with van der Waals surface area (Å²) in [5.74, 6) is 2.30. The van der Waals surface area contributed by atoms with Gasteiger partial charge in [-0.15, -0.1) is 0 Å². The first kappa shape index (κ1) is 31.2. The van der Waals surface area contributed by atoms with Crippen molar-refractivity contribution < 1.29 is 24.4 Å². The Bertz CT molecular complexity index is 1410. The molecule has 0 spiro atoms. The first-order chi connectivity index (χ1) is 19.9. The number of allylic oxidation sites excluding steroid dienone is 2. The molecule has 0 bridgehead atoms. The van der Waals surface area contributed by atoms with Crippen LogP contribution in [-0.4, -0.2) is 42.7 Å². The number of aliphatic hydroxyl groups excluding tert-OH is 1. The summed E-state index contributed by atoms with van der Waals surface area (Å²) >= 11 is 0. The minimum atomic E-state index is -0.367. The van der Waals surface area contributed by atoms with Gasteiger partial charge in [-0.05, 0) is 92.8 Å². The number of ether oxygens (including phenoxy) is 3. The summed E-state index contributed by atoms with van der Waals surface area (Å²) < 4.78 is 18.5. The molecule has 226 valence electrons. The van der Waals surface area contributed by atoms with Gasteiger partial charge in [0.1, 0.15) is 29.4 Å². The summed E-state index contributed by atoms with van der Waals surface area (Å²) in [6.45, 7) is 10.5. The van der Waals surface area contributed by atoms with E-state index in [4.69, 9.17) is 19.7 Å². The molecule has 1 aliphatic carbocycles. The highest BCUT2D eigenvalue weighted by Gasteiger charge is 2.54. The van der Waals surface area contributed by atoms with Crippen LogP contribution in [0.15, 0.2) is 52.9 Å². The number of rotatable bonds is 10. The Morgan fingerprint density at radius 3 is 2.48 bits per heavy atom. The fourth-order valence-corrected chi connectivity index (χ4v) is 6.25. The van der Waals surface area contributed by atoms with E-state index in [1.807, 2.05) is 44.2 Å². The van der Waals surface area contributed by atoms with E-state index < -0.39 is 0 Å². The van der Waals surface area contributed by atoms with Gasteiger partial charge in [-0.1, -0.05) is 37.6 Å². The quantitative estimate of drug-likeness (QED) is 0.137. The molecule has 0 unspecified atom stereocenters. The lowest BCUT2D eigenvalue weighted by Gasteiger charge is -2.55. The lowest BCUT2D eigenvalue weighted by atomic mass is 9.57. The number of methoxy groups -OCH3 is 1. The molecule has 2 aromatic carbocycles. The smallest absolute Gasteiger partial charge is 0.165 e. The highest BCUT2D eigenvalue weighted by Crippen LogP contribution is 2.55. The van der Waals surface area contributed by atoms with E-state index >= 15 is 0 Å². The Morgan fingerprint density at radius 1 is 1.14 bits per heavy atom. The lowest BCUT2D eigenvalue weighted by Crippen LogP contribution is -2.58. The van der Waals surface area contributed by atoms with Gasteiger partial charge < -0.3 is 29.7 Å². The third-order valence-electron chi connectivity index (χ3n) is 8.76. The van der Waals surface area contributed by atoms with Crippen molar-refractivity contribution in [1.82, 2.24) is 5.32 Å². The molecule has 1 aliphatic heterocycles. The average Bonchev–Trinajstić information content (AvgIpc) is 2.94. The number of hydrogen-bond acceptors (Lipinski definition) is 8. The summed E-state index contributed by atoms with van der Waals surface area (Å²) in [5, 5.41) is 28.1. The molecule has 1 fully saturated rings. The van der Waals surface area contributed by atoms with Gasteiger partial charge in [0, 0.05) is 24.7 Å². The van der Waals surface area contributed by atoms with Crippen molar-refractivity contribution >= 4 is 12.2 Å². The van der Waals surface area contributed by atoms with E-state index in [1.165, 1.54) is 0 Å². The highest BCUT2D eigenvalue weighted by molar-refractivity contribution is 5.74. The van der Waals surface area contributed by atoms with Crippen molar-refractivity contribution in [3.63, 3.8) is 0 Å². The number of benzene rings is 2. The van der Waals surface area contributed by atoms with Gasteiger partial charge in [0.2, 0.25) is 0 Å². The third kappa shape index (κ3) is 6.49. The second kappa shape index (κ2) is 12.6. The van der Waals surface area contributed by atoms with E-state index in [2.05, 4.69) is 37.3 Å². The number of aromatic hydroxyl groups is 1. The first-order valence-electron chi connectivity index (χ1n) is 14.5. The summed E-state index contributed by atoms with van der Waals surface area (Å²) in [6.07, 6.45) is 10.0. The van der Waals surface area contributed by atoms with Crippen molar-refractivity contribution in [3.8, 4) is 23.0 Å². The highest BCUT2D eigenvalue weighted by atomic mass is 16.5. The van der Waals surface area contributed by atoms with Crippen LogP contribution in [0.4, 0.5) is 0 Å². The number of nitrogens with one attached hydrogen (secondary N) is 2. The van der Waals surface area contributed by atoms with Crippen LogP contribution in [0, 0.1) is 16.9 Å². The molecular formula is C34H45N3O5. The monoisotopic (exact) mass is 575 g/mol. The Labute approximate surface area is 249 Å². The zero-order valence-corrected chi connectivity index (χ0v) is 25.9. The van der Waals surface area contributed by atoms with Gasteiger partial charge in [0.25, 0.3) is 0 Å². The van der Waals surface area contributed by atoms with Crippen molar-refractivity contribution in [1.29, 1.82) is 5.53 Å². The minimum Gasteiger partial charge on any atom is -0.507 e. The molecule has 8 nitrogen and oxygen atoms in total. The predicted octanol–water partition coefficient (Wildman–Crippen LogP) is 7.04. The number of fused-ring (bicyclic) bond motifs is 2. The lowest BCUT2D eigenvalue weighted by molar-refractivity contribution is -0.138. The number of aliphatic hydroxyl groups is 1. The molecule has 0 radical (unpaired) electrons. The van der Waals surface area contributed by atoms with Gasteiger partial charge in [0.05, 0.1) is 13.2 Å². The standard InChI is InChI=1S/C34H45N3O5/c1-21(2)8-11-26-27(38)15-23(16-28(26)41-20-25(37-35)19-36-6)10-9-22-14-24-18-30-33(3,4)31(39)12-13-34(30,5)42-32(24)29(17-22)40-7/h8-10,14-17,19,30-31,35-36,38-39H,11-13,18,20H2,1-7H3/b10-9+,25-19-,37-35?/t30-,31-,34-/m1/s1.